The van der Waals surface area contributed by atoms with E-state index in [9.17, 15) is 8.78 Å². The number of benzene rings is 2. The lowest BCUT2D eigenvalue weighted by Gasteiger charge is -2.10. The number of rotatable bonds is 6. The summed E-state index contributed by atoms with van der Waals surface area (Å²) in [4.78, 5) is 8.77. The summed E-state index contributed by atoms with van der Waals surface area (Å²) in [5.41, 5.74) is 2.97. The summed E-state index contributed by atoms with van der Waals surface area (Å²) in [5, 5.41) is 6.18. The maximum absolute atomic E-state index is 13.7. The van der Waals surface area contributed by atoms with Gasteiger partial charge in [-0.25, -0.2) is 18.8 Å². The molecule has 0 aliphatic heterocycles. The summed E-state index contributed by atoms with van der Waals surface area (Å²) in [6, 6.07) is 11.2. The fourth-order valence-electron chi connectivity index (χ4n) is 2.56. The van der Waals surface area contributed by atoms with Gasteiger partial charge in [0, 0.05) is 17.7 Å². The molecule has 28 heavy (non-hydrogen) atoms. The van der Waals surface area contributed by atoms with Gasteiger partial charge >= 0.3 is 0 Å². The summed E-state index contributed by atoms with van der Waals surface area (Å²) < 4.78 is 32.6. The van der Waals surface area contributed by atoms with E-state index in [1.165, 1.54) is 5.56 Å². The molecule has 0 bridgehead atoms. The molecule has 0 aliphatic carbocycles. The van der Waals surface area contributed by atoms with Gasteiger partial charge in [-0.3, -0.25) is 0 Å². The fraction of sp³-hybridized carbons (Fsp3) is 0.238. The Morgan fingerprint density at radius 3 is 2.64 bits per heavy atom. The van der Waals surface area contributed by atoms with Gasteiger partial charge in [0.1, 0.15) is 17.9 Å². The summed E-state index contributed by atoms with van der Waals surface area (Å²) in [7, 11) is 0. The molecule has 0 aliphatic rings. The lowest BCUT2D eigenvalue weighted by molar-refractivity contribution is 0.572. The van der Waals surface area contributed by atoms with Crippen molar-refractivity contribution in [2.75, 3.05) is 6.54 Å². The molecule has 7 heteroatoms. The standard InChI is InChI=1S/C21H22F2N4O/c1-3-24-21(25-11-16-10-17(22)8-9-19(16)23)26-12-18-13-28-20(27-18)15-6-4-14(2)5-7-15/h4-10,13H,3,11-12H2,1-2H3,(H2,24,25,26). The van der Waals surface area contributed by atoms with Crippen LogP contribution in [0.5, 0.6) is 0 Å². The van der Waals surface area contributed by atoms with Crippen LogP contribution in [0.15, 0.2) is 58.1 Å². The van der Waals surface area contributed by atoms with Crippen molar-refractivity contribution in [3.8, 4) is 11.5 Å². The Bertz CT molecular complexity index is 951. The predicted octanol–water partition coefficient (Wildman–Crippen LogP) is 4.18. The van der Waals surface area contributed by atoms with Crippen LogP contribution in [-0.4, -0.2) is 17.5 Å². The second-order valence-electron chi connectivity index (χ2n) is 6.29. The smallest absolute Gasteiger partial charge is 0.226 e. The number of oxazole rings is 1. The zero-order valence-electron chi connectivity index (χ0n) is 15.8. The molecule has 0 spiro atoms. The third-order valence-corrected chi connectivity index (χ3v) is 4.05. The Balaban J connectivity index is 1.65. The van der Waals surface area contributed by atoms with Gasteiger partial charge in [-0.15, -0.1) is 0 Å². The minimum atomic E-state index is -0.490. The van der Waals surface area contributed by atoms with Crippen molar-refractivity contribution in [1.82, 2.24) is 15.6 Å². The summed E-state index contributed by atoms with van der Waals surface area (Å²) in [5.74, 6) is 0.0441. The van der Waals surface area contributed by atoms with Crippen molar-refractivity contribution in [3.63, 3.8) is 0 Å². The van der Waals surface area contributed by atoms with Gasteiger partial charge in [-0.1, -0.05) is 17.7 Å². The number of aryl methyl sites for hydroxylation is 1. The normalized spacial score (nSPS) is 11.5. The van der Waals surface area contributed by atoms with E-state index in [0.29, 0.717) is 30.6 Å². The van der Waals surface area contributed by atoms with Gasteiger partial charge in [0.15, 0.2) is 5.96 Å². The first kappa shape index (κ1) is 19.5. The highest BCUT2D eigenvalue weighted by molar-refractivity contribution is 5.79. The van der Waals surface area contributed by atoms with E-state index in [4.69, 9.17) is 4.42 Å². The maximum atomic E-state index is 13.7. The molecule has 3 rings (SSSR count). The van der Waals surface area contributed by atoms with Crippen molar-refractivity contribution in [2.45, 2.75) is 26.9 Å². The minimum Gasteiger partial charge on any atom is -0.444 e. The number of halogens is 2. The van der Waals surface area contributed by atoms with Gasteiger partial charge in [0.25, 0.3) is 0 Å². The second kappa shape index (κ2) is 9.12. The molecule has 0 saturated carbocycles. The van der Waals surface area contributed by atoms with E-state index in [2.05, 4.69) is 20.6 Å². The van der Waals surface area contributed by atoms with E-state index < -0.39 is 11.6 Å². The monoisotopic (exact) mass is 384 g/mol. The summed E-state index contributed by atoms with van der Waals surface area (Å²) >= 11 is 0. The van der Waals surface area contributed by atoms with Crippen LogP contribution >= 0.6 is 0 Å². The second-order valence-corrected chi connectivity index (χ2v) is 6.29. The lowest BCUT2D eigenvalue weighted by Crippen LogP contribution is -2.36. The highest BCUT2D eigenvalue weighted by Crippen LogP contribution is 2.19. The van der Waals surface area contributed by atoms with E-state index in [-0.39, 0.29) is 12.1 Å². The van der Waals surface area contributed by atoms with Gasteiger partial charge in [0.2, 0.25) is 5.89 Å². The van der Waals surface area contributed by atoms with Crippen LogP contribution in [0.2, 0.25) is 0 Å². The number of hydrogen-bond acceptors (Lipinski definition) is 3. The lowest BCUT2D eigenvalue weighted by atomic mass is 10.1. The summed E-state index contributed by atoms with van der Waals surface area (Å²) in [6.07, 6.45) is 1.58. The highest BCUT2D eigenvalue weighted by atomic mass is 19.1. The quantitative estimate of drug-likeness (QED) is 0.494. The average molecular weight is 384 g/mol. The minimum absolute atomic E-state index is 0.0202. The van der Waals surface area contributed by atoms with Crippen molar-refractivity contribution in [2.24, 2.45) is 4.99 Å². The van der Waals surface area contributed by atoms with Crippen molar-refractivity contribution in [1.29, 1.82) is 0 Å². The first-order valence-electron chi connectivity index (χ1n) is 9.02. The first-order valence-corrected chi connectivity index (χ1v) is 9.02. The highest BCUT2D eigenvalue weighted by Gasteiger charge is 2.08. The Morgan fingerprint density at radius 2 is 1.89 bits per heavy atom. The number of nitrogens with zero attached hydrogens (tertiary/aromatic N) is 2. The molecular formula is C21H22F2N4O. The molecule has 5 nitrogen and oxygen atoms in total. The van der Waals surface area contributed by atoms with Crippen LogP contribution in [0.25, 0.3) is 11.5 Å². The largest absolute Gasteiger partial charge is 0.444 e. The van der Waals surface area contributed by atoms with E-state index in [1.54, 1.807) is 6.26 Å². The molecule has 0 fully saturated rings. The Labute approximate surface area is 162 Å². The number of aromatic nitrogens is 1. The molecule has 1 heterocycles. The number of nitrogens with one attached hydrogen (secondary N) is 2. The van der Waals surface area contributed by atoms with E-state index >= 15 is 0 Å². The molecule has 3 aromatic rings. The fourth-order valence-corrected chi connectivity index (χ4v) is 2.56. The van der Waals surface area contributed by atoms with Crippen molar-refractivity contribution in [3.05, 3.63) is 77.2 Å². The number of guanidine groups is 1. The van der Waals surface area contributed by atoms with Gasteiger partial charge in [0.05, 0.1) is 18.8 Å². The van der Waals surface area contributed by atoms with Crippen LogP contribution in [0, 0.1) is 18.6 Å². The average Bonchev–Trinajstić information content (AvgIpc) is 3.16. The van der Waals surface area contributed by atoms with Crippen LogP contribution in [-0.2, 0) is 13.1 Å². The van der Waals surface area contributed by atoms with Crippen LogP contribution in [0.3, 0.4) is 0 Å². The first-order chi connectivity index (χ1) is 13.5. The summed E-state index contributed by atoms with van der Waals surface area (Å²) in [6.45, 7) is 4.97. The molecule has 1 aromatic heterocycles. The van der Waals surface area contributed by atoms with Gasteiger partial charge in [-0.05, 0) is 44.2 Å². The maximum Gasteiger partial charge on any atom is 0.226 e. The zero-order chi connectivity index (χ0) is 19.9. The number of hydrogen-bond donors (Lipinski definition) is 2. The molecule has 2 N–H and O–H groups in total. The van der Waals surface area contributed by atoms with Gasteiger partial charge < -0.3 is 15.1 Å². The van der Waals surface area contributed by atoms with Crippen molar-refractivity contribution >= 4 is 5.96 Å². The molecule has 0 unspecified atom stereocenters. The van der Waals surface area contributed by atoms with Crippen LogP contribution in [0.4, 0.5) is 8.78 Å². The topological polar surface area (TPSA) is 62.5 Å². The van der Waals surface area contributed by atoms with Gasteiger partial charge in [-0.2, -0.15) is 0 Å². The third kappa shape index (κ3) is 5.16. The zero-order valence-corrected chi connectivity index (χ0v) is 15.8. The van der Waals surface area contributed by atoms with E-state index in [0.717, 1.165) is 23.8 Å². The number of aliphatic imine (C=N–C) groups is 1. The molecular weight excluding hydrogens is 362 g/mol. The SMILES string of the molecule is CCNC(=NCc1cc(F)ccc1F)NCc1coc(-c2ccc(C)cc2)n1. The molecule has 0 amide bonds. The Kier molecular flexibility index (Phi) is 6.37. The Hall–Kier alpha value is -3.22. The molecule has 2 aromatic carbocycles. The molecule has 0 radical (unpaired) electrons. The molecule has 0 atom stereocenters. The van der Waals surface area contributed by atoms with Crippen LogP contribution < -0.4 is 10.6 Å². The van der Waals surface area contributed by atoms with Crippen LogP contribution in [0.1, 0.15) is 23.7 Å². The third-order valence-electron chi connectivity index (χ3n) is 4.05. The molecule has 0 saturated heterocycles. The predicted molar refractivity (Wildman–Crippen MR) is 105 cm³/mol. The van der Waals surface area contributed by atoms with Crippen molar-refractivity contribution < 1.29 is 13.2 Å². The molecule has 146 valence electrons. The van der Waals surface area contributed by atoms with E-state index in [1.807, 2.05) is 38.1 Å². The Morgan fingerprint density at radius 1 is 1.11 bits per heavy atom.